The molecule has 0 aromatic heterocycles. The first-order valence-corrected chi connectivity index (χ1v) is 6.82. The van der Waals surface area contributed by atoms with E-state index in [4.69, 9.17) is 4.74 Å². The molecule has 1 aromatic carbocycles. The number of hydrogen-bond acceptors (Lipinski definition) is 2. The zero-order valence-electron chi connectivity index (χ0n) is 11.8. The highest BCUT2D eigenvalue weighted by atomic mass is 19.2. The fraction of sp³-hybridized carbons (Fsp3) is 0.500. The van der Waals surface area contributed by atoms with Gasteiger partial charge in [0.1, 0.15) is 0 Å². The largest absolute Gasteiger partial charge is 0.381 e. The monoisotopic (exact) mass is 304 g/mol. The molecule has 0 aliphatic carbocycles. The molecule has 0 heterocycles. The number of carbonyl (C=O) groups is 1. The summed E-state index contributed by atoms with van der Waals surface area (Å²) in [6.07, 6.45) is 2.65. The number of ether oxygens (including phenoxy) is 1. The minimum atomic E-state index is -1.61. The zero-order valence-corrected chi connectivity index (χ0v) is 11.8. The van der Waals surface area contributed by atoms with Gasteiger partial charge in [0.2, 0.25) is 0 Å². The number of amides is 2. The highest BCUT2D eigenvalue weighted by Gasteiger charge is 2.14. The number of anilines is 1. The van der Waals surface area contributed by atoms with Crippen molar-refractivity contribution in [2.75, 3.05) is 25.1 Å². The lowest BCUT2D eigenvalue weighted by Crippen LogP contribution is -2.30. The third-order valence-corrected chi connectivity index (χ3v) is 2.68. The number of benzene rings is 1. The molecule has 0 fully saturated rings. The van der Waals surface area contributed by atoms with Gasteiger partial charge in [0.05, 0.1) is 5.69 Å². The zero-order chi connectivity index (χ0) is 15.7. The van der Waals surface area contributed by atoms with Crippen LogP contribution in [0.1, 0.15) is 26.2 Å². The van der Waals surface area contributed by atoms with Gasteiger partial charge in [-0.05, 0) is 25.0 Å². The summed E-state index contributed by atoms with van der Waals surface area (Å²) in [6.45, 7) is 3.60. The molecule has 21 heavy (non-hydrogen) atoms. The van der Waals surface area contributed by atoms with Crippen LogP contribution in [-0.2, 0) is 4.74 Å². The van der Waals surface area contributed by atoms with Gasteiger partial charge in [0.25, 0.3) is 0 Å². The summed E-state index contributed by atoms with van der Waals surface area (Å²) in [7, 11) is 0. The van der Waals surface area contributed by atoms with Crippen LogP contribution in [-0.4, -0.2) is 25.8 Å². The molecule has 2 N–H and O–H groups in total. The van der Waals surface area contributed by atoms with Crippen LogP contribution < -0.4 is 10.6 Å². The summed E-state index contributed by atoms with van der Waals surface area (Å²) in [5, 5.41) is 4.59. The number of urea groups is 1. The molecule has 0 aliphatic rings. The predicted octanol–water partition coefficient (Wildman–Crippen LogP) is 3.43. The molecule has 0 spiro atoms. The number of unbranched alkanes of at least 4 members (excludes halogenated alkanes) is 1. The van der Waals surface area contributed by atoms with Gasteiger partial charge in [-0.2, -0.15) is 0 Å². The molecule has 0 saturated carbocycles. The maximum Gasteiger partial charge on any atom is 0.319 e. The number of carbonyl (C=O) groups excluding carboxylic acids is 1. The molecular formula is C14H19F3N2O2. The first kappa shape index (κ1) is 17.3. The molecule has 2 amide bonds. The Hall–Kier alpha value is -1.76. The van der Waals surface area contributed by atoms with Crippen LogP contribution in [0.4, 0.5) is 23.7 Å². The molecule has 1 aromatic rings. The average molecular weight is 304 g/mol. The Kier molecular flexibility index (Phi) is 7.60. The third kappa shape index (κ3) is 6.03. The van der Waals surface area contributed by atoms with Gasteiger partial charge in [-0.15, -0.1) is 0 Å². The second-order valence-electron chi connectivity index (χ2n) is 4.42. The smallest absolute Gasteiger partial charge is 0.319 e. The molecule has 0 aliphatic heterocycles. The standard InChI is InChI=1S/C14H19F3N2O2/c1-2-3-8-21-9-4-7-18-14(20)19-11-6-5-10(15)12(16)13(11)17/h5-6H,2-4,7-9H2,1H3,(H2,18,19,20). The van der Waals surface area contributed by atoms with E-state index in [-0.39, 0.29) is 0 Å². The topological polar surface area (TPSA) is 50.4 Å². The number of nitrogens with one attached hydrogen (secondary N) is 2. The summed E-state index contributed by atoms with van der Waals surface area (Å²) in [5.41, 5.74) is -0.411. The summed E-state index contributed by atoms with van der Waals surface area (Å²) >= 11 is 0. The van der Waals surface area contributed by atoms with Crippen LogP contribution in [0.5, 0.6) is 0 Å². The lowest BCUT2D eigenvalue weighted by atomic mass is 10.3. The first-order chi connectivity index (χ1) is 10.1. The van der Waals surface area contributed by atoms with Crippen molar-refractivity contribution in [3.8, 4) is 0 Å². The SMILES string of the molecule is CCCCOCCCNC(=O)Nc1ccc(F)c(F)c1F. The fourth-order valence-corrected chi connectivity index (χ4v) is 1.51. The summed E-state index contributed by atoms with van der Waals surface area (Å²) < 4.78 is 44.3. The summed E-state index contributed by atoms with van der Waals surface area (Å²) in [4.78, 5) is 11.5. The van der Waals surface area contributed by atoms with E-state index in [0.717, 1.165) is 25.0 Å². The maximum atomic E-state index is 13.3. The van der Waals surface area contributed by atoms with Crippen molar-refractivity contribution in [2.24, 2.45) is 0 Å². The van der Waals surface area contributed by atoms with Crippen molar-refractivity contribution >= 4 is 11.7 Å². The maximum absolute atomic E-state index is 13.3. The molecule has 1 rings (SSSR count). The number of halogens is 3. The van der Waals surface area contributed by atoms with Crippen LogP contribution in [0.3, 0.4) is 0 Å². The lowest BCUT2D eigenvalue weighted by molar-refractivity contribution is 0.129. The third-order valence-electron chi connectivity index (χ3n) is 2.68. The lowest BCUT2D eigenvalue weighted by Gasteiger charge is -2.09. The molecule has 118 valence electrons. The van der Waals surface area contributed by atoms with E-state index < -0.39 is 29.2 Å². The molecule has 0 saturated heterocycles. The minimum Gasteiger partial charge on any atom is -0.381 e. The van der Waals surface area contributed by atoms with E-state index >= 15 is 0 Å². The van der Waals surface area contributed by atoms with Crippen molar-refractivity contribution in [2.45, 2.75) is 26.2 Å². The van der Waals surface area contributed by atoms with Crippen molar-refractivity contribution in [3.05, 3.63) is 29.6 Å². The van der Waals surface area contributed by atoms with Crippen LogP contribution in [0.15, 0.2) is 12.1 Å². The van der Waals surface area contributed by atoms with Crippen molar-refractivity contribution < 1.29 is 22.7 Å². The fourth-order valence-electron chi connectivity index (χ4n) is 1.51. The van der Waals surface area contributed by atoms with E-state index in [9.17, 15) is 18.0 Å². The Morgan fingerprint density at radius 1 is 1.14 bits per heavy atom. The molecule has 4 nitrogen and oxygen atoms in total. The molecule has 0 bridgehead atoms. The van der Waals surface area contributed by atoms with Gasteiger partial charge in [0.15, 0.2) is 17.5 Å². The van der Waals surface area contributed by atoms with E-state index in [1.807, 2.05) is 0 Å². The Morgan fingerprint density at radius 2 is 1.86 bits per heavy atom. The Bertz CT molecular complexity index is 470. The van der Waals surface area contributed by atoms with Gasteiger partial charge in [-0.25, -0.2) is 18.0 Å². The molecular weight excluding hydrogens is 285 g/mol. The van der Waals surface area contributed by atoms with Crippen molar-refractivity contribution in [1.82, 2.24) is 5.32 Å². The molecule has 0 atom stereocenters. The molecule has 7 heteroatoms. The van der Waals surface area contributed by atoms with Crippen molar-refractivity contribution in [1.29, 1.82) is 0 Å². The van der Waals surface area contributed by atoms with E-state index in [2.05, 4.69) is 17.6 Å². The number of hydrogen-bond donors (Lipinski definition) is 2. The van der Waals surface area contributed by atoms with Crippen LogP contribution in [0.2, 0.25) is 0 Å². The van der Waals surface area contributed by atoms with Gasteiger partial charge >= 0.3 is 6.03 Å². The minimum absolute atomic E-state index is 0.337. The Balaban J connectivity index is 2.27. The molecule has 0 radical (unpaired) electrons. The van der Waals surface area contributed by atoms with Gasteiger partial charge in [-0.1, -0.05) is 13.3 Å². The van der Waals surface area contributed by atoms with Gasteiger partial charge < -0.3 is 15.4 Å². The highest BCUT2D eigenvalue weighted by Crippen LogP contribution is 2.19. The normalized spacial score (nSPS) is 10.5. The van der Waals surface area contributed by atoms with Gasteiger partial charge in [0, 0.05) is 19.8 Å². The van der Waals surface area contributed by atoms with E-state index in [1.165, 1.54) is 0 Å². The quantitative estimate of drug-likeness (QED) is 0.571. The van der Waals surface area contributed by atoms with Crippen LogP contribution >= 0.6 is 0 Å². The predicted molar refractivity (Wildman–Crippen MR) is 73.7 cm³/mol. The van der Waals surface area contributed by atoms with Crippen LogP contribution in [0.25, 0.3) is 0 Å². The Morgan fingerprint density at radius 3 is 2.57 bits per heavy atom. The molecule has 0 unspecified atom stereocenters. The van der Waals surface area contributed by atoms with E-state index in [0.29, 0.717) is 26.2 Å². The van der Waals surface area contributed by atoms with Gasteiger partial charge in [-0.3, -0.25) is 0 Å². The Labute approximate surface area is 121 Å². The van der Waals surface area contributed by atoms with Crippen LogP contribution in [0, 0.1) is 17.5 Å². The first-order valence-electron chi connectivity index (χ1n) is 6.82. The summed E-state index contributed by atoms with van der Waals surface area (Å²) in [6, 6.07) is 1.02. The number of rotatable bonds is 8. The van der Waals surface area contributed by atoms with E-state index in [1.54, 1.807) is 0 Å². The summed E-state index contributed by atoms with van der Waals surface area (Å²) in [5.74, 6) is -4.34. The average Bonchev–Trinajstić information content (AvgIpc) is 2.47. The van der Waals surface area contributed by atoms with Crippen molar-refractivity contribution in [3.63, 3.8) is 0 Å². The second kappa shape index (κ2) is 9.23. The highest BCUT2D eigenvalue weighted by molar-refractivity contribution is 5.89. The second-order valence-corrected chi connectivity index (χ2v) is 4.42.